The Morgan fingerprint density at radius 2 is 1.06 bits per heavy atom. The number of carbonyl (C=O) groups is 2. The Kier molecular flexibility index (Phi) is 19.7. The van der Waals surface area contributed by atoms with E-state index in [2.05, 4.69) is 0 Å². The summed E-state index contributed by atoms with van der Waals surface area (Å²) >= 11 is 0. The Bertz CT molecular complexity index is 3200. The second-order valence-electron chi connectivity index (χ2n) is 19.0. The number of phenolic OH excluding ortho intramolecular Hbond substituents is 4. The summed E-state index contributed by atoms with van der Waals surface area (Å²) in [6.45, 7) is -2.65. The molecule has 3 saturated heterocycles. The van der Waals surface area contributed by atoms with Crippen molar-refractivity contribution < 1.29 is 137 Å². The zero-order chi connectivity index (χ0) is 60.8. The van der Waals surface area contributed by atoms with Crippen molar-refractivity contribution in [3.8, 4) is 68.8 Å². The van der Waals surface area contributed by atoms with Crippen LogP contribution in [0.1, 0.15) is 11.1 Å². The first-order chi connectivity index (χ1) is 40.1. The second-order valence-corrected chi connectivity index (χ2v) is 19.0. The van der Waals surface area contributed by atoms with Crippen molar-refractivity contribution >= 4 is 35.1 Å². The minimum Gasteiger partial charge on any atom is -0.508 e. The van der Waals surface area contributed by atoms with E-state index < -0.39 is 158 Å². The zero-order valence-electron chi connectivity index (χ0n) is 44.7. The van der Waals surface area contributed by atoms with Crippen LogP contribution in [0.5, 0.6) is 57.5 Å². The summed E-state index contributed by atoms with van der Waals surface area (Å²) in [6.07, 6.45) is -24.7. The van der Waals surface area contributed by atoms with Gasteiger partial charge in [0.2, 0.25) is 35.3 Å². The maximum atomic E-state index is 14.8. The molecular weight excluding hydrogens is 1120 g/mol. The fraction of sp³-hybridized carbons (Fsp3) is 0.400. The first kappa shape index (κ1) is 62.0. The number of ether oxygens (including phenoxy) is 12. The molecule has 0 aliphatic carbocycles. The van der Waals surface area contributed by atoms with Crippen LogP contribution in [0.2, 0.25) is 0 Å². The minimum atomic E-state index is -2.17. The lowest BCUT2D eigenvalue weighted by Gasteiger charge is -2.46. The van der Waals surface area contributed by atoms with Crippen molar-refractivity contribution in [2.24, 2.45) is 0 Å². The van der Waals surface area contributed by atoms with E-state index in [9.17, 15) is 80.8 Å². The number of rotatable bonds is 20. The third kappa shape index (κ3) is 13.2. The van der Waals surface area contributed by atoms with E-state index in [-0.39, 0.29) is 57.1 Å². The lowest BCUT2D eigenvalue weighted by molar-refractivity contribution is -0.358. The van der Waals surface area contributed by atoms with Gasteiger partial charge in [0.1, 0.15) is 95.9 Å². The van der Waals surface area contributed by atoms with Crippen LogP contribution in [0.4, 0.5) is 0 Å². The molecule has 3 fully saturated rings. The number of methoxy groups -OCH3 is 4. The van der Waals surface area contributed by atoms with Gasteiger partial charge >= 0.3 is 11.9 Å². The molecule has 3 aliphatic rings. The molecule has 3 aliphatic heterocycles. The average molecular weight is 1190 g/mol. The summed E-state index contributed by atoms with van der Waals surface area (Å²) in [5.41, 5.74) is -1.05. The smallest absolute Gasteiger partial charge is 0.331 e. The lowest BCUT2D eigenvalue weighted by Crippen LogP contribution is -2.65. The summed E-state index contributed by atoms with van der Waals surface area (Å²) in [6, 6.07) is 12.3. The van der Waals surface area contributed by atoms with Crippen LogP contribution in [-0.2, 0) is 38.0 Å². The highest BCUT2D eigenvalue weighted by atomic mass is 16.8. The third-order valence-electron chi connectivity index (χ3n) is 13.6. The maximum absolute atomic E-state index is 14.8. The van der Waals surface area contributed by atoms with Gasteiger partial charge in [-0.25, -0.2) is 9.59 Å². The van der Waals surface area contributed by atoms with Gasteiger partial charge in [0.15, 0.2) is 47.3 Å². The molecule has 4 heterocycles. The largest absolute Gasteiger partial charge is 0.508 e. The standard InChI is InChI=1S/C55H60O29/c1-72-29-13-22(14-30(73-2)39(29)62)5-11-36(60)76-21-35-43(66)45(68)48(71)53(81-35)77-26-17-27(59)38-28(18-26)78-49(24-7-9-25(58)10-8-24)50(44(38)67)83-55-52(47(70)42(65)34(20-57)80-55)84-54-51(46(69)41(64)33(19-56)79-54)82-37(61)12-6-23-15-31(74-3)40(63)32(16-23)75-4/h5-18,33-35,41-43,45-48,51-59,62-66,68-71H,19-21H2,1-4H3. The van der Waals surface area contributed by atoms with Crippen molar-refractivity contribution in [3.05, 3.63) is 94.2 Å². The third-order valence-corrected chi connectivity index (χ3v) is 13.6. The first-order valence-electron chi connectivity index (χ1n) is 25.3. The molecule has 454 valence electrons. The highest BCUT2D eigenvalue weighted by Crippen LogP contribution is 2.42. The Morgan fingerprint density at radius 3 is 1.60 bits per heavy atom. The molecule has 29 heteroatoms. The van der Waals surface area contributed by atoms with Crippen LogP contribution in [0.3, 0.4) is 0 Å². The number of aliphatic hydroxyl groups is 9. The van der Waals surface area contributed by atoms with Gasteiger partial charge in [-0.05, 0) is 71.8 Å². The molecule has 8 rings (SSSR count). The maximum Gasteiger partial charge on any atom is 0.331 e. The quantitative estimate of drug-likeness (QED) is 0.0329. The van der Waals surface area contributed by atoms with E-state index in [1.165, 1.54) is 89.1 Å². The molecule has 1 aromatic heterocycles. The summed E-state index contributed by atoms with van der Waals surface area (Å²) in [4.78, 5) is 40.9. The van der Waals surface area contributed by atoms with Crippen LogP contribution in [-0.4, -0.2) is 219 Å². The van der Waals surface area contributed by atoms with Crippen molar-refractivity contribution in [1.82, 2.24) is 0 Å². The van der Waals surface area contributed by atoms with E-state index in [1.807, 2.05) is 0 Å². The fourth-order valence-electron chi connectivity index (χ4n) is 9.11. The SMILES string of the molecule is COc1cc(C=CC(=O)OCC2OC(Oc3cc(O)c4c(=O)c(OC5OC(CO)C(O)C(O)C5OC5OC(CO)C(O)C(O)C5OC(=O)C=Cc5cc(OC)c(O)c(OC)c5)c(-c5ccc(O)cc5)oc4c3)C(O)C(O)C2O)cc(OC)c1O. The molecule has 13 N–H and O–H groups in total. The molecule has 4 aromatic carbocycles. The molecule has 15 unspecified atom stereocenters. The minimum absolute atomic E-state index is 0.0131. The molecule has 84 heavy (non-hydrogen) atoms. The molecule has 0 radical (unpaired) electrons. The van der Waals surface area contributed by atoms with E-state index in [0.29, 0.717) is 5.56 Å². The summed E-state index contributed by atoms with van der Waals surface area (Å²) in [5, 5.41) is 139. The number of hydrogen-bond acceptors (Lipinski definition) is 29. The summed E-state index contributed by atoms with van der Waals surface area (Å²) in [5.74, 6) is -5.57. The van der Waals surface area contributed by atoms with Gasteiger partial charge in [0, 0.05) is 29.8 Å². The van der Waals surface area contributed by atoms with Crippen LogP contribution in [0, 0.1) is 0 Å². The van der Waals surface area contributed by atoms with Gasteiger partial charge in [0.05, 0.1) is 41.7 Å². The number of phenols is 4. The number of hydrogen-bond donors (Lipinski definition) is 13. The van der Waals surface area contributed by atoms with E-state index in [1.54, 1.807) is 0 Å². The molecular formula is C55H60O29. The van der Waals surface area contributed by atoms with E-state index >= 15 is 0 Å². The number of benzene rings is 4. The average Bonchev–Trinajstić information content (AvgIpc) is 1.83. The van der Waals surface area contributed by atoms with Gasteiger partial charge < -0.3 is 128 Å². The second kappa shape index (κ2) is 26.7. The van der Waals surface area contributed by atoms with Crippen molar-refractivity contribution in [3.63, 3.8) is 0 Å². The van der Waals surface area contributed by atoms with Gasteiger partial charge in [0.25, 0.3) is 0 Å². The normalized spacial score (nSPS) is 28.0. The van der Waals surface area contributed by atoms with Gasteiger partial charge in [-0.2, -0.15) is 0 Å². The molecule has 5 aromatic rings. The number of fused-ring (bicyclic) bond motifs is 1. The number of aromatic hydroxyl groups is 4. The first-order valence-corrected chi connectivity index (χ1v) is 25.3. The Morgan fingerprint density at radius 1 is 0.560 bits per heavy atom. The van der Waals surface area contributed by atoms with Crippen molar-refractivity contribution in [2.45, 2.75) is 92.1 Å². The predicted molar refractivity (Wildman–Crippen MR) is 281 cm³/mol. The Labute approximate surface area is 474 Å². The Hall–Kier alpha value is -8.01. The summed E-state index contributed by atoms with van der Waals surface area (Å²) < 4.78 is 72.7. The van der Waals surface area contributed by atoms with Gasteiger partial charge in [-0.1, -0.05) is 0 Å². The topological polar surface area (TPSA) is 438 Å². The zero-order valence-corrected chi connectivity index (χ0v) is 44.7. The monoisotopic (exact) mass is 1180 g/mol. The predicted octanol–water partition coefficient (Wildman–Crippen LogP) is -0.973. The van der Waals surface area contributed by atoms with Gasteiger partial charge in [-0.15, -0.1) is 0 Å². The molecule has 0 saturated carbocycles. The Balaban J connectivity index is 1.07. The number of carbonyl (C=O) groups excluding carboxylic acids is 2. The molecule has 0 spiro atoms. The lowest BCUT2D eigenvalue weighted by atomic mass is 9.97. The fourth-order valence-corrected chi connectivity index (χ4v) is 9.11. The molecule has 0 bridgehead atoms. The molecule has 15 atom stereocenters. The van der Waals surface area contributed by atoms with E-state index in [4.69, 9.17) is 61.3 Å². The van der Waals surface area contributed by atoms with Crippen LogP contribution >= 0.6 is 0 Å². The number of aliphatic hydroxyl groups excluding tert-OH is 9. The van der Waals surface area contributed by atoms with Crippen molar-refractivity contribution in [2.75, 3.05) is 48.3 Å². The van der Waals surface area contributed by atoms with E-state index in [0.717, 1.165) is 24.3 Å². The highest BCUT2D eigenvalue weighted by Gasteiger charge is 2.53. The number of esters is 2. The molecule has 29 nitrogen and oxygen atoms in total. The molecule has 0 amide bonds. The van der Waals surface area contributed by atoms with Gasteiger partial charge in [-0.3, -0.25) is 4.79 Å². The van der Waals surface area contributed by atoms with Crippen molar-refractivity contribution in [1.29, 1.82) is 0 Å². The van der Waals surface area contributed by atoms with Crippen LogP contribution < -0.4 is 33.8 Å². The highest BCUT2D eigenvalue weighted by molar-refractivity contribution is 5.89. The van der Waals surface area contributed by atoms with Crippen LogP contribution in [0.15, 0.2) is 82.0 Å². The van der Waals surface area contributed by atoms with Crippen LogP contribution in [0.25, 0.3) is 34.4 Å². The summed E-state index contributed by atoms with van der Waals surface area (Å²) in [7, 11) is 5.16.